The molecule has 6 heteroatoms. The monoisotopic (exact) mass is 760 g/mol. The molecule has 6 nitrogen and oxygen atoms in total. The van der Waals surface area contributed by atoms with Gasteiger partial charge in [0.2, 0.25) is 0 Å². The van der Waals surface area contributed by atoms with Gasteiger partial charge < -0.3 is 9.13 Å². The average molecular weight is 761 g/mol. The van der Waals surface area contributed by atoms with E-state index in [4.69, 9.17) is 4.98 Å². The van der Waals surface area contributed by atoms with Crippen molar-refractivity contribution in [2.75, 3.05) is 0 Å². The van der Waals surface area contributed by atoms with Crippen molar-refractivity contribution in [3.63, 3.8) is 0 Å². The maximum absolute atomic E-state index is 4.70. The van der Waals surface area contributed by atoms with E-state index < -0.39 is 0 Å². The summed E-state index contributed by atoms with van der Waals surface area (Å²) in [6.45, 7) is 6.14. The molecule has 0 saturated heterocycles. The van der Waals surface area contributed by atoms with Crippen LogP contribution in [0.2, 0.25) is 0 Å². The van der Waals surface area contributed by atoms with E-state index in [1.54, 1.807) is 0 Å². The van der Waals surface area contributed by atoms with Gasteiger partial charge in [-0.2, -0.15) is 0 Å². The summed E-state index contributed by atoms with van der Waals surface area (Å²) >= 11 is 0. The Morgan fingerprint density at radius 3 is 1.44 bits per heavy atom. The van der Waals surface area contributed by atoms with Crippen molar-refractivity contribution in [1.82, 2.24) is 29.1 Å². The molecule has 11 rings (SSSR count). The Balaban J connectivity index is 0.00000207. The van der Waals surface area contributed by atoms with Crippen LogP contribution >= 0.6 is 0 Å². The van der Waals surface area contributed by atoms with E-state index in [0.717, 1.165) is 99.8 Å². The topological polar surface area (TPSA) is 61.4 Å². The Kier molecular flexibility index (Phi) is 9.07. The van der Waals surface area contributed by atoms with Gasteiger partial charge in [-0.15, -0.1) is 0 Å². The number of aryl methyl sites for hydroxylation is 1. The van der Waals surface area contributed by atoms with Crippen LogP contribution in [0, 0.1) is 6.92 Å². The van der Waals surface area contributed by atoms with Crippen molar-refractivity contribution in [2.45, 2.75) is 20.8 Å². The molecule has 282 valence electrons. The minimum Gasteiger partial charge on any atom is -0.309 e. The lowest BCUT2D eigenvalue weighted by Crippen LogP contribution is -1.98. The summed E-state index contributed by atoms with van der Waals surface area (Å²) in [5, 5.41) is 4.50. The van der Waals surface area contributed by atoms with Crippen LogP contribution in [0.5, 0.6) is 0 Å². The van der Waals surface area contributed by atoms with Crippen molar-refractivity contribution in [3.05, 3.63) is 194 Å². The zero-order valence-electron chi connectivity index (χ0n) is 33.1. The van der Waals surface area contributed by atoms with Gasteiger partial charge in [-0.05, 0) is 108 Å². The van der Waals surface area contributed by atoms with Crippen LogP contribution in [0.1, 0.15) is 19.4 Å². The van der Waals surface area contributed by atoms with Crippen LogP contribution in [0.25, 0.3) is 99.8 Å². The second-order valence-corrected chi connectivity index (χ2v) is 14.5. The summed E-state index contributed by atoms with van der Waals surface area (Å²) < 4.78 is 4.71. The van der Waals surface area contributed by atoms with E-state index >= 15 is 0 Å². The molecule has 0 unspecified atom stereocenters. The lowest BCUT2D eigenvalue weighted by Gasteiger charge is -2.14. The predicted octanol–water partition coefficient (Wildman–Crippen LogP) is 13.5. The van der Waals surface area contributed by atoms with Gasteiger partial charge in [0, 0.05) is 81.2 Å². The second-order valence-electron chi connectivity index (χ2n) is 14.5. The van der Waals surface area contributed by atoms with Gasteiger partial charge in [-0.3, -0.25) is 19.9 Å². The standard InChI is InChI=1S/C51H34N6.C2H6/c1-33-15-18-40(47-14-5-7-24-55-47)41(27-33)35-17-20-49-43(29-35)45-32-53-26-22-51(45)57(49)37-10-8-9-36(30-37)56-48-19-16-34(28-42(48)44-31-52-25-21-50(44)56)38-11-2-3-12-39(38)46-13-4-6-23-54-46;1-2/h2-32H,1H3;1-2H3. The molecule has 5 aromatic carbocycles. The fraction of sp³-hybridized carbons (Fsp3) is 0.0566. The van der Waals surface area contributed by atoms with E-state index in [0.29, 0.717) is 0 Å². The van der Waals surface area contributed by atoms with Crippen LogP contribution in [0.15, 0.2) is 189 Å². The molecule has 0 radical (unpaired) electrons. The highest BCUT2D eigenvalue weighted by Crippen LogP contribution is 2.40. The van der Waals surface area contributed by atoms with E-state index in [2.05, 4.69) is 158 Å². The fourth-order valence-electron chi connectivity index (χ4n) is 8.52. The largest absolute Gasteiger partial charge is 0.309 e. The van der Waals surface area contributed by atoms with Crippen molar-refractivity contribution in [1.29, 1.82) is 0 Å². The highest BCUT2D eigenvalue weighted by Gasteiger charge is 2.19. The normalized spacial score (nSPS) is 11.3. The Labute approximate surface area is 342 Å². The van der Waals surface area contributed by atoms with Crippen LogP contribution in [0.4, 0.5) is 0 Å². The molecule has 0 saturated carbocycles. The molecule has 6 aromatic heterocycles. The van der Waals surface area contributed by atoms with Gasteiger partial charge in [-0.1, -0.05) is 92.2 Å². The molecular weight excluding hydrogens is 721 g/mol. The Morgan fingerprint density at radius 2 is 0.881 bits per heavy atom. The van der Waals surface area contributed by atoms with E-state index in [-0.39, 0.29) is 0 Å². The van der Waals surface area contributed by atoms with Crippen LogP contribution < -0.4 is 0 Å². The van der Waals surface area contributed by atoms with Gasteiger partial charge in [0.05, 0.1) is 33.5 Å². The first-order valence-electron chi connectivity index (χ1n) is 20.1. The summed E-state index contributed by atoms with van der Waals surface area (Å²) in [5.74, 6) is 0. The number of aromatic nitrogens is 6. The summed E-state index contributed by atoms with van der Waals surface area (Å²) in [5.41, 5.74) is 16.5. The molecule has 0 atom stereocenters. The second kappa shape index (κ2) is 15.0. The molecule has 0 aliphatic heterocycles. The molecule has 11 aromatic rings. The van der Waals surface area contributed by atoms with Crippen molar-refractivity contribution >= 4 is 43.6 Å². The first-order chi connectivity index (χ1) is 29.2. The minimum atomic E-state index is 0.954. The van der Waals surface area contributed by atoms with Crippen LogP contribution in [-0.4, -0.2) is 29.1 Å². The van der Waals surface area contributed by atoms with Crippen molar-refractivity contribution in [2.24, 2.45) is 0 Å². The molecule has 59 heavy (non-hydrogen) atoms. The van der Waals surface area contributed by atoms with Gasteiger partial charge in [-0.25, -0.2) is 0 Å². The lowest BCUT2D eigenvalue weighted by molar-refractivity contribution is 1.13. The molecular formula is C53H40N6. The number of nitrogens with zero attached hydrogens (tertiary/aromatic N) is 6. The zero-order valence-corrected chi connectivity index (χ0v) is 33.1. The van der Waals surface area contributed by atoms with Crippen molar-refractivity contribution in [3.8, 4) is 56.1 Å². The number of hydrogen-bond donors (Lipinski definition) is 0. The Morgan fingerprint density at radius 1 is 0.373 bits per heavy atom. The van der Waals surface area contributed by atoms with Gasteiger partial charge >= 0.3 is 0 Å². The molecule has 0 amide bonds. The zero-order chi connectivity index (χ0) is 39.9. The van der Waals surface area contributed by atoms with E-state index in [9.17, 15) is 0 Å². The predicted molar refractivity (Wildman–Crippen MR) is 244 cm³/mol. The molecule has 6 heterocycles. The average Bonchev–Trinajstić information content (AvgIpc) is 3.82. The molecule has 0 aliphatic carbocycles. The number of fused-ring (bicyclic) bond motifs is 6. The van der Waals surface area contributed by atoms with Gasteiger partial charge in [0.15, 0.2) is 0 Å². The quantitative estimate of drug-likeness (QED) is 0.169. The first kappa shape index (κ1) is 35.7. The maximum Gasteiger partial charge on any atom is 0.0708 e. The third-order valence-corrected chi connectivity index (χ3v) is 11.1. The molecule has 0 fully saturated rings. The number of hydrogen-bond acceptors (Lipinski definition) is 4. The Bertz CT molecular complexity index is 3310. The summed E-state index contributed by atoms with van der Waals surface area (Å²) in [4.78, 5) is 18.5. The van der Waals surface area contributed by atoms with Gasteiger partial charge in [0.1, 0.15) is 0 Å². The number of rotatable bonds is 6. The fourth-order valence-corrected chi connectivity index (χ4v) is 8.52. The highest BCUT2D eigenvalue weighted by molar-refractivity contribution is 6.12. The maximum atomic E-state index is 4.70. The smallest absolute Gasteiger partial charge is 0.0708 e. The molecule has 0 aliphatic rings. The van der Waals surface area contributed by atoms with Crippen LogP contribution in [-0.2, 0) is 0 Å². The third-order valence-electron chi connectivity index (χ3n) is 11.1. The van der Waals surface area contributed by atoms with E-state index in [1.165, 1.54) is 5.56 Å². The Hall–Kier alpha value is -7.70. The first-order valence-corrected chi connectivity index (χ1v) is 20.1. The summed E-state index contributed by atoms with van der Waals surface area (Å²) in [6.07, 6.45) is 11.4. The van der Waals surface area contributed by atoms with Gasteiger partial charge in [0.25, 0.3) is 0 Å². The summed E-state index contributed by atoms with van der Waals surface area (Å²) in [7, 11) is 0. The lowest BCUT2D eigenvalue weighted by atomic mass is 9.94. The summed E-state index contributed by atoms with van der Waals surface area (Å²) in [6, 6.07) is 53.8. The van der Waals surface area contributed by atoms with Crippen molar-refractivity contribution < 1.29 is 0 Å². The molecule has 0 N–H and O–H groups in total. The third kappa shape index (κ3) is 6.14. The minimum absolute atomic E-state index is 0.954. The molecule has 0 spiro atoms. The van der Waals surface area contributed by atoms with Crippen LogP contribution in [0.3, 0.4) is 0 Å². The number of pyridine rings is 4. The highest BCUT2D eigenvalue weighted by atomic mass is 15.0. The van der Waals surface area contributed by atoms with E-state index in [1.807, 2.05) is 75.3 Å². The molecule has 0 bridgehead atoms. The number of benzene rings is 5. The SMILES string of the molecule is CC.Cc1ccc(-c2ccccn2)c(-c2ccc3c(c2)c2cnccc2n3-c2cccc(-n3c4ccncc4c4cc(-c5ccccc5-c5ccccn5)ccc43)c2)c1.